The van der Waals surface area contributed by atoms with Crippen LogP contribution in [0.25, 0.3) is 11.1 Å². The van der Waals surface area contributed by atoms with Crippen LogP contribution in [0.2, 0.25) is 0 Å². The van der Waals surface area contributed by atoms with Gasteiger partial charge in [0.15, 0.2) is 0 Å². The standard InChI is InChI=1S/C27H23NO2/c1-29-24-12-8-21(9-13-24)27(22-10-14-25(30-2)15-11-22)26(20-6-4-3-5-7-20)23-16-18-28-19-17-23/h3-19H,1-2H3. The molecule has 0 N–H and O–H groups in total. The van der Waals surface area contributed by atoms with E-state index < -0.39 is 0 Å². The molecule has 0 unspecified atom stereocenters. The van der Waals surface area contributed by atoms with Gasteiger partial charge in [-0.25, -0.2) is 0 Å². The third kappa shape index (κ3) is 4.11. The van der Waals surface area contributed by atoms with Crippen LogP contribution in [-0.4, -0.2) is 19.2 Å². The maximum atomic E-state index is 5.37. The van der Waals surface area contributed by atoms with E-state index in [0.29, 0.717) is 0 Å². The summed E-state index contributed by atoms with van der Waals surface area (Å²) in [6, 6.07) is 30.9. The first-order chi connectivity index (χ1) is 14.8. The van der Waals surface area contributed by atoms with Crippen molar-refractivity contribution in [1.29, 1.82) is 0 Å². The van der Waals surface area contributed by atoms with Crippen molar-refractivity contribution in [3.05, 3.63) is 126 Å². The van der Waals surface area contributed by atoms with Crippen LogP contribution in [-0.2, 0) is 0 Å². The molecule has 0 aliphatic carbocycles. The van der Waals surface area contributed by atoms with Crippen LogP contribution in [0.1, 0.15) is 22.3 Å². The average molecular weight is 393 g/mol. The molecule has 0 atom stereocenters. The van der Waals surface area contributed by atoms with Crippen molar-refractivity contribution >= 4 is 11.1 Å². The minimum Gasteiger partial charge on any atom is -0.497 e. The van der Waals surface area contributed by atoms with Gasteiger partial charge in [-0.15, -0.1) is 0 Å². The number of methoxy groups -OCH3 is 2. The molecule has 4 aromatic rings. The summed E-state index contributed by atoms with van der Waals surface area (Å²) in [5, 5.41) is 0. The number of aromatic nitrogens is 1. The predicted molar refractivity (Wildman–Crippen MR) is 122 cm³/mol. The molecular weight excluding hydrogens is 370 g/mol. The highest BCUT2D eigenvalue weighted by molar-refractivity contribution is 6.04. The molecule has 0 saturated heterocycles. The molecule has 4 rings (SSSR count). The Kier molecular flexibility index (Phi) is 5.90. The minimum atomic E-state index is 0.831. The zero-order valence-corrected chi connectivity index (χ0v) is 17.1. The number of hydrogen-bond donors (Lipinski definition) is 0. The molecule has 1 aromatic heterocycles. The third-order valence-corrected chi connectivity index (χ3v) is 5.04. The van der Waals surface area contributed by atoms with Gasteiger partial charge >= 0.3 is 0 Å². The maximum absolute atomic E-state index is 5.37. The summed E-state index contributed by atoms with van der Waals surface area (Å²) in [6.07, 6.45) is 3.66. The Bertz CT molecular complexity index is 1030. The summed E-state index contributed by atoms with van der Waals surface area (Å²) in [7, 11) is 3.36. The van der Waals surface area contributed by atoms with E-state index in [1.807, 2.05) is 42.7 Å². The van der Waals surface area contributed by atoms with Gasteiger partial charge in [0, 0.05) is 12.4 Å². The number of hydrogen-bond acceptors (Lipinski definition) is 3. The SMILES string of the molecule is COc1ccc(C(=C(c2ccccc2)c2ccncc2)c2ccc(OC)cc2)cc1. The Morgan fingerprint density at radius 3 is 1.33 bits per heavy atom. The van der Waals surface area contributed by atoms with Crippen molar-refractivity contribution < 1.29 is 9.47 Å². The fourth-order valence-corrected chi connectivity index (χ4v) is 3.55. The first kappa shape index (κ1) is 19.5. The van der Waals surface area contributed by atoms with Gasteiger partial charge in [0.05, 0.1) is 14.2 Å². The molecule has 3 aromatic carbocycles. The number of rotatable bonds is 6. The highest BCUT2D eigenvalue weighted by atomic mass is 16.5. The van der Waals surface area contributed by atoms with Gasteiger partial charge in [-0.1, -0.05) is 54.6 Å². The van der Waals surface area contributed by atoms with Crippen LogP contribution in [0.3, 0.4) is 0 Å². The molecule has 0 radical (unpaired) electrons. The van der Waals surface area contributed by atoms with E-state index >= 15 is 0 Å². The largest absolute Gasteiger partial charge is 0.497 e. The number of pyridine rings is 1. The molecule has 0 spiro atoms. The van der Waals surface area contributed by atoms with E-state index in [4.69, 9.17) is 9.47 Å². The average Bonchev–Trinajstić information content (AvgIpc) is 2.84. The Labute approximate surface area is 177 Å². The van der Waals surface area contributed by atoms with Crippen molar-refractivity contribution in [1.82, 2.24) is 4.98 Å². The number of ether oxygens (including phenoxy) is 2. The van der Waals surface area contributed by atoms with Crippen molar-refractivity contribution in [2.45, 2.75) is 0 Å². The number of benzene rings is 3. The second kappa shape index (κ2) is 9.10. The summed E-state index contributed by atoms with van der Waals surface area (Å²) in [5.74, 6) is 1.66. The quantitative estimate of drug-likeness (QED) is 0.371. The Morgan fingerprint density at radius 2 is 0.900 bits per heavy atom. The van der Waals surface area contributed by atoms with Gasteiger partial charge in [0.2, 0.25) is 0 Å². The van der Waals surface area contributed by atoms with E-state index in [1.165, 1.54) is 0 Å². The zero-order valence-electron chi connectivity index (χ0n) is 17.1. The second-order valence-electron chi connectivity index (χ2n) is 6.81. The highest BCUT2D eigenvalue weighted by Gasteiger charge is 2.16. The molecule has 0 aliphatic rings. The lowest BCUT2D eigenvalue weighted by Crippen LogP contribution is -1.98. The minimum absolute atomic E-state index is 0.831. The van der Waals surface area contributed by atoms with E-state index in [9.17, 15) is 0 Å². The van der Waals surface area contributed by atoms with Gasteiger partial charge in [-0.2, -0.15) is 0 Å². The van der Waals surface area contributed by atoms with Gasteiger partial charge < -0.3 is 9.47 Å². The second-order valence-corrected chi connectivity index (χ2v) is 6.81. The van der Waals surface area contributed by atoms with Crippen molar-refractivity contribution in [3.8, 4) is 11.5 Å². The van der Waals surface area contributed by atoms with Crippen LogP contribution >= 0.6 is 0 Å². The van der Waals surface area contributed by atoms with Crippen molar-refractivity contribution in [3.63, 3.8) is 0 Å². The molecule has 30 heavy (non-hydrogen) atoms. The fourth-order valence-electron chi connectivity index (χ4n) is 3.55. The van der Waals surface area contributed by atoms with E-state index in [0.717, 1.165) is 44.9 Å². The van der Waals surface area contributed by atoms with Crippen LogP contribution < -0.4 is 9.47 Å². The van der Waals surface area contributed by atoms with Gasteiger partial charge in [0.1, 0.15) is 11.5 Å². The summed E-state index contributed by atoms with van der Waals surface area (Å²) < 4.78 is 10.7. The molecule has 0 saturated carbocycles. The van der Waals surface area contributed by atoms with Crippen LogP contribution in [0, 0.1) is 0 Å². The smallest absolute Gasteiger partial charge is 0.118 e. The summed E-state index contributed by atoms with van der Waals surface area (Å²) in [5.41, 5.74) is 6.75. The Balaban J connectivity index is 2.03. The lowest BCUT2D eigenvalue weighted by molar-refractivity contribution is 0.414. The van der Waals surface area contributed by atoms with Crippen LogP contribution in [0.15, 0.2) is 103 Å². The molecule has 0 amide bonds. The molecular formula is C27H23NO2. The molecule has 3 nitrogen and oxygen atoms in total. The zero-order chi connectivity index (χ0) is 20.8. The monoisotopic (exact) mass is 393 g/mol. The lowest BCUT2D eigenvalue weighted by Gasteiger charge is -2.18. The van der Waals surface area contributed by atoms with Crippen molar-refractivity contribution in [2.75, 3.05) is 14.2 Å². The van der Waals surface area contributed by atoms with E-state index in [1.54, 1.807) is 14.2 Å². The molecule has 1 heterocycles. The predicted octanol–water partition coefficient (Wildman–Crippen LogP) is 6.11. The third-order valence-electron chi connectivity index (χ3n) is 5.04. The number of nitrogens with zero attached hydrogens (tertiary/aromatic N) is 1. The molecule has 0 aliphatic heterocycles. The van der Waals surface area contributed by atoms with Gasteiger partial charge in [0.25, 0.3) is 0 Å². The summed E-state index contributed by atoms with van der Waals surface area (Å²) in [6.45, 7) is 0. The first-order valence-corrected chi connectivity index (χ1v) is 9.79. The first-order valence-electron chi connectivity index (χ1n) is 9.79. The normalized spacial score (nSPS) is 10.3. The summed E-state index contributed by atoms with van der Waals surface area (Å²) >= 11 is 0. The molecule has 3 heteroatoms. The lowest BCUT2D eigenvalue weighted by atomic mass is 9.86. The Morgan fingerprint density at radius 1 is 0.500 bits per heavy atom. The van der Waals surface area contributed by atoms with Crippen molar-refractivity contribution in [2.24, 2.45) is 0 Å². The molecule has 148 valence electrons. The van der Waals surface area contributed by atoms with E-state index in [-0.39, 0.29) is 0 Å². The molecule has 0 bridgehead atoms. The fraction of sp³-hybridized carbons (Fsp3) is 0.0741. The molecule has 0 fully saturated rings. The Hall–Kier alpha value is -3.85. The van der Waals surface area contributed by atoms with Gasteiger partial charge in [-0.3, -0.25) is 4.98 Å². The van der Waals surface area contributed by atoms with E-state index in [2.05, 4.69) is 65.6 Å². The maximum Gasteiger partial charge on any atom is 0.118 e. The summed E-state index contributed by atoms with van der Waals surface area (Å²) in [4.78, 5) is 4.22. The van der Waals surface area contributed by atoms with Crippen LogP contribution in [0.5, 0.6) is 11.5 Å². The van der Waals surface area contributed by atoms with Gasteiger partial charge in [-0.05, 0) is 69.8 Å². The topological polar surface area (TPSA) is 31.4 Å². The highest BCUT2D eigenvalue weighted by Crippen LogP contribution is 2.37. The van der Waals surface area contributed by atoms with Crippen LogP contribution in [0.4, 0.5) is 0 Å².